The molecule has 0 unspecified atom stereocenters. The second-order valence-corrected chi connectivity index (χ2v) is 4.55. The molecule has 1 aromatic heterocycles. The van der Waals surface area contributed by atoms with Gasteiger partial charge in [0.2, 0.25) is 5.91 Å². The molecule has 0 atom stereocenters. The number of nitrogens with one attached hydrogen (secondary N) is 1. The summed E-state index contributed by atoms with van der Waals surface area (Å²) in [6.07, 6.45) is 1.46. The number of hydrazone groups is 1. The number of nitrogens with zero attached hydrogens (tertiary/aromatic N) is 1. The maximum atomic E-state index is 10.6. The summed E-state index contributed by atoms with van der Waals surface area (Å²) in [4.78, 5) is 10.6. The fourth-order valence-electron chi connectivity index (χ4n) is 1.38. The number of carbonyl (C=O) groups is 1. The van der Waals surface area contributed by atoms with Gasteiger partial charge < -0.3 is 4.42 Å². The van der Waals surface area contributed by atoms with Crippen molar-refractivity contribution in [3.8, 4) is 11.3 Å². The van der Waals surface area contributed by atoms with Gasteiger partial charge in [0, 0.05) is 17.0 Å². The third kappa shape index (κ3) is 3.30. The molecule has 1 amide bonds. The molecule has 0 aliphatic heterocycles. The summed E-state index contributed by atoms with van der Waals surface area (Å²) in [7, 11) is 0. The number of hydrogen-bond donors (Lipinski definition) is 1. The highest BCUT2D eigenvalue weighted by atomic mass is 79.9. The molecule has 18 heavy (non-hydrogen) atoms. The highest BCUT2D eigenvalue weighted by Crippen LogP contribution is 2.23. The summed E-state index contributed by atoms with van der Waals surface area (Å²) in [6.45, 7) is 1.40. The maximum Gasteiger partial charge on any atom is 0.236 e. The van der Waals surface area contributed by atoms with Crippen LogP contribution < -0.4 is 5.43 Å². The van der Waals surface area contributed by atoms with Crippen LogP contribution in [0.3, 0.4) is 0 Å². The van der Waals surface area contributed by atoms with Crippen LogP contribution >= 0.6 is 15.9 Å². The van der Waals surface area contributed by atoms with Crippen molar-refractivity contribution in [2.45, 2.75) is 6.92 Å². The van der Waals surface area contributed by atoms with Crippen LogP contribution in [0.1, 0.15) is 12.7 Å². The Balaban J connectivity index is 2.12. The molecule has 0 bridgehead atoms. The first-order chi connectivity index (χ1) is 8.65. The zero-order valence-electron chi connectivity index (χ0n) is 9.68. The van der Waals surface area contributed by atoms with E-state index in [-0.39, 0.29) is 5.91 Å². The minimum absolute atomic E-state index is 0.217. The van der Waals surface area contributed by atoms with E-state index in [4.69, 9.17) is 4.42 Å². The van der Waals surface area contributed by atoms with Crippen molar-refractivity contribution < 1.29 is 9.21 Å². The molecule has 2 aromatic rings. The number of amides is 1. The molecule has 0 radical (unpaired) electrons. The lowest BCUT2D eigenvalue weighted by atomic mass is 10.2. The molecule has 1 heterocycles. The van der Waals surface area contributed by atoms with E-state index in [0.29, 0.717) is 5.76 Å². The van der Waals surface area contributed by atoms with Crippen molar-refractivity contribution in [2.24, 2.45) is 5.10 Å². The highest BCUT2D eigenvalue weighted by molar-refractivity contribution is 9.10. The van der Waals surface area contributed by atoms with Gasteiger partial charge in [-0.25, -0.2) is 5.43 Å². The molecule has 92 valence electrons. The molecular weight excluding hydrogens is 296 g/mol. The van der Waals surface area contributed by atoms with E-state index in [1.54, 1.807) is 6.07 Å². The highest BCUT2D eigenvalue weighted by Gasteiger charge is 2.03. The van der Waals surface area contributed by atoms with Gasteiger partial charge >= 0.3 is 0 Å². The van der Waals surface area contributed by atoms with Gasteiger partial charge in [0.1, 0.15) is 11.5 Å². The predicted octanol–water partition coefficient (Wildman–Crippen LogP) is 3.18. The SMILES string of the molecule is CC(=O)N/N=C\c1ccc(-c2ccc(Br)cc2)o1. The number of carbonyl (C=O) groups excluding carboxylic acids is 1. The Morgan fingerprint density at radius 2 is 2.00 bits per heavy atom. The minimum Gasteiger partial charge on any atom is -0.455 e. The summed E-state index contributed by atoms with van der Waals surface area (Å²) in [6, 6.07) is 11.5. The Kier molecular flexibility index (Phi) is 3.94. The molecule has 0 aliphatic carbocycles. The zero-order valence-corrected chi connectivity index (χ0v) is 11.3. The third-order valence-electron chi connectivity index (χ3n) is 2.17. The normalized spacial score (nSPS) is 10.8. The molecular formula is C13H11BrN2O2. The van der Waals surface area contributed by atoms with Crippen LogP contribution in [0.15, 0.2) is 50.4 Å². The van der Waals surface area contributed by atoms with Crippen LogP contribution in [0.4, 0.5) is 0 Å². The summed E-state index contributed by atoms with van der Waals surface area (Å²) < 4.78 is 6.59. The Bertz CT molecular complexity index is 573. The lowest BCUT2D eigenvalue weighted by Gasteiger charge is -1.96. The summed E-state index contributed by atoms with van der Waals surface area (Å²) >= 11 is 3.38. The van der Waals surface area contributed by atoms with Gasteiger partial charge in [-0.15, -0.1) is 0 Å². The molecule has 1 aromatic carbocycles. The lowest BCUT2D eigenvalue weighted by molar-refractivity contribution is -0.118. The first kappa shape index (κ1) is 12.6. The molecule has 1 N–H and O–H groups in total. The topological polar surface area (TPSA) is 54.6 Å². The molecule has 0 saturated carbocycles. The Morgan fingerprint density at radius 1 is 1.28 bits per heavy atom. The number of rotatable bonds is 3. The fourth-order valence-corrected chi connectivity index (χ4v) is 1.64. The minimum atomic E-state index is -0.217. The van der Waals surface area contributed by atoms with Crippen LogP contribution in [0, 0.1) is 0 Å². The molecule has 0 fully saturated rings. The van der Waals surface area contributed by atoms with Gasteiger partial charge in [-0.2, -0.15) is 5.10 Å². The van der Waals surface area contributed by atoms with Crippen molar-refractivity contribution in [2.75, 3.05) is 0 Å². The molecule has 4 nitrogen and oxygen atoms in total. The van der Waals surface area contributed by atoms with E-state index in [9.17, 15) is 4.79 Å². The number of furan rings is 1. The molecule has 0 aliphatic rings. The van der Waals surface area contributed by atoms with E-state index in [2.05, 4.69) is 26.5 Å². The number of hydrogen-bond acceptors (Lipinski definition) is 3. The van der Waals surface area contributed by atoms with E-state index in [0.717, 1.165) is 15.8 Å². The average Bonchev–Trinajstić information content (AvgIpc) is 2.78. The van der Waals surface area contributed by atoms with Gasteiger partial charge in [0.05, 0.1) is 6.21 Å². The monoisotopic (exact) mass is 306 g/mol. The largest absolute Gasteiger partial charge is 0.455 e. The van der Waals surface area contributed by atoms with E-state index in [1.165, 1.54) is 13.1 Å². The zero-order chi connectivity index (χ0) is 13.0. The standard InChI is InChI=1S/C13H11BrN2O2/c1-9(17)16-15-8-12-6-7-13(18-12)10-2-4-11(14)5-3-10/h2-8H,1H3,(H,16,17)/b15-8-. The second kappa shape index (κ2) is 5.64. The number of halogens is 1. The molecule has 0 saturated heterocycles. The summed E-state index contributed by atoms with van der Waals surface area (Å²) in [5, 5.41) is 3.74. The van der Waals surface area contributed by atoms with Gasteiger partial charge in [0.25, 0.3) is 0 Å². The van der Waals surface area contributed by atoms with Gasteiger partial charge in [-0.05, 0) is 24.3 Å². The van der Waals surface area contributed by atoms with Crippen molar-refractivity contribution >= 4 is 28.1 Å². The molecule has 0 spiro atoms. The lowest BCUT2D eigenvalue weighted by Crippen LogP contribution is -2.12. The van der Waals surface area contributed by atoms with Crippen LogP contribution in [-0.4, -0.2) is 12.1 Å². The van der Waals surface area contributed by atoms with Gasteiger partial charge in [-0.1, -0.05) is 28.1 Å². The first-order valence-corrected chi connectivity index (χ1v) is 6.10. The van der Waals surface area contributed by atoms with Crippen LogP contribution in [-0.2, 0) is 4.79 Å². The fraction of sp³-hybridized carbons (Fsp3) is 0.0769. The van der Waals surface area contributed by atoms with E-state index >= 15 is 0 Å². The smallest absolute Gasteiger partial charge is 0.236 e. The Labute approximate surface area is 113 Å². The van der Waals surface area contributed by atoms with Gasteiger partial charge in [-0.3, -0.25) is 4.79 Å². The van der Waals surface area contributed by atoms with Crippen LogP contribution in [0.25, 0.3) is 11.3 Å². The van der Waals surface area contributed by atoms with E-state index in [1.807, 2.05) is 30.3 Å². The Morgan fingerprint density at radius 3 is 2.67 bits per heavy atom. The Hall–Kier alpha value is -1.88. The van der Waals surface area contributed by atoms with Crippen LogP contribution in [0.5, 0.6) is 0 Å². The van der Waals surface area contributed by atoms with E-state index < -0.39 is 0 Å². The quantitative estimate of drug-likeness (QED) is 0.699. The number of benzene rings is 1. The third-order valence-corrected chi connectivity index (χ3v) is 2.70. The molecule has 5 heteroatoms. The first-order valence-electron chi connectivity index (χ1n) is 5.30. The van der Waals surface area contributed by atoms with Gasteiger partial charge in [0.15, 0.2) is 0 Å². The van der Waals surface area contributed by atoms with Crippen molar-refractivity contribution in [3.05, 3.63) is 46.6 Å². The van der Waals surface area contributed by atoms with Crippen molar-refractivity contribution in [1.29, 1.82) is 0 Å². The second-order valence-electron chi connectivity index (χ2n) is 3.64. The van der Waals surface area contributed by atoms with Crippen LogP contribution in [0.2, 0.25) is 0 Å². The van der Waals surface area contributed by atoms with Crippen molar-refractivity contribution in [1.82, 2.24) is 5.43 Å². The van der Waals surface area contributed by atoms with Crippen molar-refractivity contribution in [3.63, 3.8) is 0 Å². The average molecular weight is 307 g/mol. The summed E-state index contributed by atoms with van der Waals surface area (Å²) in [5.41, 5.74) is 3.30. The maximum absolute atomic E-state index is 10.6. The predicted molar refractivity (Wildman–Crippen MR) is 73.3 cm³/mol. The summed E-state index contributed by atoms with van der Waals surface area (Å²) in [5.74, 6) is 1.12. The molecule has 2 rings (SSSR count).